The van der Waals surface area contributed by atoms with Crippen molar-refractivity contribution in [1.29, 1.82) is 0 Å². The third kappa shape index (κ3) is 1.82. The van der Waals surface area contributed by atoms with Gasteiger partial charge in [-0.3, -0.25) is 9.59 Å². The Hall–Kier alpha value is -2.70. The molecule has 0 aromatic heterocycles. The Morgan fingerprint density at radius 2 is 1.26 bits per heavy atom. The zero-order valence-corrected chi connectivity index (χ0v) is 11.6. The Bertz CT molecular complexity index is 903. The van der Waals surface area contributed by atoms with Crippen LogP contribution >= 0.6 is 0 Å². The van der Waals surface area contributed by atoms with Gasteiger partial charge >= 0.3 is 0 Å². The normalized spacial score (nSPS) is 13.1. The van der Waals surface area contributed by atoms with Crippen molar-refractivity contribution in [2.75, 3.05) is 0 Å². The predicted molar refractivity (Wildman–Crippen MR) is 70.6 cm³/mol. The van der Waals surface area contributed by atoms with E-state index >= 15 is 0 Å². The number of hydrogen-bond donors (Lipinski definition) is 1. The molecule has 1 N–H and O–H groups in total. The van der Waals surface area contributed by atoms with Crippen molar-refractivity contribution in [3.63, 3.8) is 0 Å². The number of ketones is 2. The molecule has 0 atom stereocenters. The van der Waals surface area contributed by atoms with Gasteiger partial charge in [0, 0.05) is 5.56 Å². The Balaban J connectivity index is 2.48. The van der Waals surface area contributed by atoms with E-state index < -0.39 is 57.3 Å². The molecule has 0 spiro atoms. The minimum absolute atomic E-state index is 0.255. The van der Waals surface area contributed by atoms with E-state index in [0.29, 0.717) is 5.56 Å². The summed E-state index contributed by atoms with van der Waals surface area (Å²) in [5.74, 6) is -11.3. The van der Waals surface area contributed by atoms with E-state index in [2.05, 4.69) is 0 Å². The first-order chi connectivity index (χ1) is 10.8. The van der Waals surface area contributed by atoms with Gasteiger partial charge in [0.05, 0.1) is 16.7 Å². The summed E-state index contributed by atoms with van der Waals surface area (Å²) in [5, 5.41) is 9.82. The van der Waals surface area contributed by atoms with Gasteiger partial charge in [0.25, 0.3) is 0 Å². The van der Waals surface area contributed by atoms with Gasteiger partial charge in [-0.25, -0.2) is 17.6 Å². The molecule has 7 heteroatoms. The van der Waals surface area contributed by atoms with E-state index in [-0.39, 0.29) is 12.0 Å². The summed E-state index contributed by atoms with van der Waals surface area (Å²) < 4.78 is 54.7. The lowest BCUT2D eigenvalue weighted by Gasteiger charge is -2.22. The Kier molecular flexibility index (Phi) is 3.24. The minimum atomic E-state index is -2.18. The Labute approximate surface area is 127 Å². The molecule has 0 heterocycles. The highest BCUT2D eigenvalue weighted by Gasteiger charge is 2.41. The number of carbonyl (C=O) groups is 2. The van der Waals surface area contributed by atoms with Crippen LogP contribution in [0, 0.1) is 23.3 Å². The fourth-order valence-corrected chi connectivity index (χ4v) is 2.73. The molecule has 118 valence electrons. The molecule has 3 nitrogen and oxygen atoms in total. The van der Waals surface area contributed by atoms with Gasteiger partial charge < -0.3 is 5.11 Å². The SMILES string of the molecule is CCc1ccc(O)c2c1C(=O)c1c(F)c(F)c(F)c(F)c1C2=O. The summed E-state index contributed by atoms with van der Waals surface area (Å²) in [6.45, 7) is 1.64. The maximum Gasteiger partial charge on any atom is 0.201 e. The van der Waals surface area contributed by atoms with Gasteiger partial charge in [-0.1, -0.05) is 13.0 Å². The van der Waals surface area contributed by atoms with Crippen molar-refractivity contribution >= 4 is 11.6 Å². The zero-order valence-electron chi connectivity index (χ0n) is 11.6. The molecule has 0 amide bonds. The summed E-state index contributed by atoms with van der Waals surface area (Å²) in [6.07, 6.45) is 0.255. The zero-order chi connectivity index (χ0) is 17.0. The predicted octanol–water partition coefficient (Wildman–Crippen LogP) is 3.29. The summed E-state index contributed by atoms with van der Waals surface area (Å²) in [7, 11) is 0. The van der Waals surface area contributed by atoms with Crippen LogP contribution in [0.4, 0.5) is 17.6 Å². The van der Waals surface area contributed by atoms with Crippen LogP contribution in [0.25, 0.3) is 0 Å². The first-order valence-electron chi connectivity index (χ1n) is 6.61. The first kappa shape index (κ1) is 15.2. The van der Waals surface area contributed by atoms with Crippen LogP contribution in [0.1, 0.15) is 44.3 Å². The molecule has 3 rings (SSSR count). The van der Waals surface area contributed by atoms with Gasteiger partial charge in [0.15, 0.2) is 29.1 Å². The largest absolute Gasteiger partial charge is 0.507 e. The van der Waals surface area contributed by atoms with Crippen molar-refractivity contribution in [2.24, 2.45) is 0 Å². The van der Waals surface area contributed by atoms with Crippen LogP contribution in [0.3, 0.4) is 0 Å². The number of phenolic OH excluding ortho intramolecular Hbond substituents is 1. The van der Waals surface area contributed by atoms with E-state index in [1.54, 1.807) is 6.92 Å². The van der Waals surface area contributed by atoms with Crippen molar-refractivity contribution in [2.45, 2.75) is 13.3 Å². The number of fused-ring (bicyclic) bond motifs is 2. The number of aryl methyl sites for hydroxylation is 1. The monoisotopic (exact) mass is 324 g/mol. The fourth-order valence-electron chi connectivity index (χ4n) is 2.73. The van der Waals surface area contributed by atoms with Gasteiger partial charge in [-0.15, -0.1) is 0 Å². The van der Waals surface area contributed by atoms with Gasteiger partial charge in [-0.2, -0.15) is 0 Å². The van der Waals surface area contributed by atoms with Crippen molar-refractivity contribution in [3.05, 3.63) is 63.2 Å². The van der Waals surface area contributed by atoms with Gasteiger partial charge in [0.1, 0.15) is 5.75 Å². The van der Waals surface area contributed by atoms with Crippen molar-refractivity contribution in [3.8, 4) is 5.75 Å². The fraction of sp³-hybridized carbons (Fsp3) is 0.125. The van der Waals surface area contributed by atoms with E-state index in [0.717, 1.165) is 6.07 Å². The molecule has 0 aliphatic heterocycles. The summed E-state index contributed by atoms with van der Waals surface area (Å²) in [5.41, 5.74) is -2.92. The summed E-state index contributed by atoms with van der Waals surface area (Å²) >= 11 is 0. The highest BCUT2D eigenvalue weighted by molar-refractivity contribution is 6.30. The minimum Gasteiger partial charge on any atom is -0.507 e. The van der Waals surface area contributed by atoms with E-state index in [1.807, 2.05) is 0 Å². The third-order valence-corrected chi connectivity index (χ3v) is 3.83. The molecule has 1 aliphatic carbocycles. The topological polar surface area (TPSA) is 54.4 Å². The number of phenols is 1. The standard InChI is InChI=1S/C16H8F4O3/c1-2-5-3-4-6(21)8-7(5)15(22)9-10(16(8)23)12(18)14(20)13(19)11(9)17/h3-4,21H,2H2,1H3. The molecule has 0 radical (unpaired) electrons. The maximum atomic E-state index is 14.0. The smallest absolute Gasteiger partial charge is 0.201 e. The van der Waals surface area contributed by atoms with Crippen molar-refractivity contribution in [1.82, 2.24) is 0 Å². The van der Waals surface area contributed by atoms with Gasteiger partial charge in [-0.05, 0) is 18.1 Å². The quantitative estimate of drug-likeness (QED) is 0.424. The van der Waals surface area contributed by atoms with Crippen LogP contribution in [-0.4, -0.2) is 16.7 Å². The molecule has 0 fully saturated rings. The summed E-state index contributed by atoms with van der Waals surface area (Å²) in [6, 6.07) is 2.47. The number of hydrogen-bond acceptors (Lipinski definition) is 3. The second-order valence-corrected chi connectivity index (χ2v) is 5.01. The van der Waals surface area contributed by atoms with Crippen molar-refractivity contribution < 1.29 is 32.3 Å². The average Bonchev–Trinajstić information content (AvgIpc) is 2.53. The van der Waals surface area contributed by atoms with Crippen LogP contribution in [0.5, 0.6) is 5.75 Å². The molecule has 23 heavy (non-hydrogen) atoms. The lowest BCUT2D eigenvalue weighted by molar-refractivity contribution is 0.0966. The van der Waals surface area contributed by atoms with E-state index in [4.69, 9.17) is 0 Å². The second-order valence-electron chi connectivity index (χ2n) is 5.01. The number of carbonyl (C=O) groups excluding carboxylic acids is 2. The number of benzene rings is 2. The maximum absolute atomic E-state index is 14.0. The highest BCUT2D eigenvalue weighted by atomic mass is 19.2. The van der Waals surface area contributed by atoms with Crippen LogP contribution in [0.15, 0.2) is 12.1 Å². The number of rotatable bonds is 1. The van der Waals surface area contributed by atoms with E-state index in [1.165, 1.54) is 6.07 Å². The Morgan fingerprint density at radius 3 is 1.74 bits per heavy atom. The number of aromatic hydroxyl groups is 1. The molecule has 2 aromatic rings. The third-order valence-electron chi connectivity index (χ3n) is 3.83. The highest BCUT2D eigenvalue weighted by Crippen LogP contribution is 2.38. The molecule has 0 unspecified atom stereocenters. The van der Waals surface area contributed by atoms with Crippen LogP contribution < -0.4 is 0 Å². The van der Waals surface area contributed by atoms with E-state index in [9.17, 15) is 32.3 Å². The lowest BCUT2D eigenvalue weighted by Crippen LogP contribution is -2.27. The van der Waals surface area contributed by atoms with Crippen LogP contribution in [-0.2, 0) is 6.42 Å². The van der Waals surface area contributed by atoms with Crippen LogP contribution in [0.2, 0.25) is 0 Å². The molecule has 2 aromatic carbocycles. The number of halogens is 4. The lowest BCUT2D eigenvalue weighted by atomic mass is 9.80. The molecule has 0 saturated heterocycles. The average molecular weight is 324 g/mol. The first-order valence-corrected chi connectivity index (χ1v) is 6.61. The molecule has 0 bridgehead atoms. The summed E-state index contributed by atoms with van der Waals surface area (Å²) in [4.78, 5) is 24.8. The molecular weight excluding hydrogens is 316 g/mol. The Morgan fingerprint density at radius 1 is 0.783 bits per heavy atom. The molecule has 0 saturated carbocycles. The molecular formula is C16H8F4O3. The molecule has 1 aliphatic rings. The second kappa shape index (κ2) is 4.91. The van der Waals surface area contributed by atoms with Gasteiger partial charge in [0.2, 0.25) is 5.78 Å².